The van der Waals surface area contributed by atoms with Crippen LogP contribution in [0.4, 0.5) is 0 Å². The van der Waals surface area contributed by atoms with Crippen molar-refractivity contribution in [3.63, 3.8) is 0 Å². The van der Waals surface area contributed by atoms with Gasteiger partial charge < -0.3 is 15.3 Å². The Morgan fingerprint density at radius 2 is 1.65 bits per heavy atom. The fourth-order valence-corrected chi connectivity index (χ4v) is 7.57. The molecule has 0 saturated heterocycles. The molecule has 4 aliphatic rings. The zero-order valence-corrected chi connectivity index (χ0v) is 14.7. The molecule has 0 amide bonds. The molecular weight excluding hydrogens is 288 g/mol. The van der Waals surface area contributed by atoms with Crippen molar-refractivity contribution in [3.8, 4) is 0 Å². The first-order valence-corrected chi connectivity index (χ1v) is 9.95. The Hall–Kier alpha value is -0.120. The van der Waals surface area contributed by atoms with E-state index < -0.39 is 11.7 Å². The maximum Gasteiger partial charge on any atom is 0.0958 e. The minimum atomic E-state index is -0.887. The molecule has 0 unspecified atom stereocenters. The average molecular weight is 322 g/mol. The van der Waals surface area contributed by atoms with Gasteiger partial charge in [-0.25, -0.2) is 0 Å². The number of fused-ring (bicyclic) bond motifs is 5. The quantitative estimate of drug-likeness (QED) is 0.695. The molecule has 0 spiro atoms. The summed E-state index contributed by atoms with van der Waals surface area (Å²) in [6.45, 7) is 4.03. The van der Waals surface area contributed by atoms with Gasteiger partial charge in [0.1, 0.15) is 0 Å². The molecule has 4 rings (SSSR count). The molecular formula is C20H34O3. The van der Waals surface area contributed by atoms with Gasteiger partial charge in [0.25, 0.3) is 0 Å². The van der Waals surface area contributed by atoms with Gasteiger partial charge in [-0.15, -0.1) is 0 Å². The summed E-state index contributed by atoms with van der Waals surface area (Å²) in [5, 5.41) is 31.5. The molecule has 0 aromatic carbocycles. The van der Waals surface area contributed by atoms with Gasteiger partial charge in [0.15, 0.2) is 0 Å². The molecule has 3 nitrogen and oxygen atoms in total. The fraction of sp³-hybridized carbons (Fsp3) is 1.00. The number of rotatable bonds is 1. The van der Waals surface area contributed by atoms with Crippen LogP contribution in [0, 0.1) is 35.0 Å². The second kappa shape index (κ2) is 5.44. The first-order valence-electron chi connectivity index (χ1n) is 9.95. The summed E-state index contributed by atoms with van der Waals surface area (Å²) in [7, 11) is 0. The van der Waals surface area contributed by atoms with Gasteiger partial charge in [-0.05, 0) is 94.3 Å². The number of aliphatic hydroxyl groups excluding tert-OH is 2. The molecule has 0 aliphatic heterocycles. The van der Waals surface area contributed by atoms with Crippen molar-refractivity contribution in [1.82, 2.24) is 0 Å². The lowest BCUT2D eigenvalue weighted by Crippen LogP contribution is -2.57. The summed E-state index contributed by atoms with van der Waals surface area (Å²) >= 11 is 0. The van der Waals surface area contributed by atoms with E-state index in [1.165, 1.54) is 25.7 Å². The van der Waals surface area contributed by atoms with Crippen LogP contribution in [0.3, 0.4) is 0 Å². The Morgan fingerprint density at radius 3 is 2.39 bits per heavy atom. The van der Waals surface area contributed by atoms with Crippen LogP contribution >= 0.6 is 0 Å². The number of aliphatic hydroxyl groups is 3. The third-order valence-electron chi connectivity index (χ3n) is 8.83. The summed E-state index contributed by atoms with van der Waals surface area (Å²) in [5.41, 5.74) is -0.994. The van der Waals surface area contributed by atoms with Crippen LogP contribution < -0.4 is 0 Å². The topological polar surface area (TPSA) is 60.7 Å². The highest BCUT2D eigenvalue weighted by Gasteiger charge is 2.64. The largest absolute Gasteiger partial charge is 0.393 e. The maximum atomic E-state index is 11.2. The smallest absolute Gasteiger partial charge is 0.0958 e. The van der Waals surface area contributed by atoms with Gasteiger partial charge in [0.05, 0.1) is 17.8 Å². The van der Waals surface area contributed by atoms with E-state index in [1.807, 2.05) is 0 Å². The van der Waals surface area contributed by atoms with Gasteiger partial charge in [0.2, 0.25) is 0 Å². The van der Waals surface area contributed by atoms with E-state index >= 15 is 0 Å². The first-order chi connectivity index (χ1) is 10.9. The van der Waals surface area contributed by atoms with Crippen molar-refractivity contribution in [3.05, 3.63) is 0 Å². The molecule has 3 heteroatoms. The molecule has 0 aromatic heterocycles. The van der Waals surface area contributed by atoms with E-state index in [0.29, 0.717) is 5.92 Å². The van der Waals surface area contributed by atoms with Crippen molar-refractivity contribution < 1.29 is 15.3 Å². The minimum Gasteiger partial charge on any atom is -0.393 e. The zero-order chi connectivity index (χ0) is 16.4. The molecule has 132 valence electrons. The monoisotopic (exact) mass is 322 g/mol. The van der Waals surface area contributed by atoms with Crippen molar-refractivity contribution in [2.24, 2.45) is 35.0 Å². The second-order valence-electron chi connectivity index (χ2n) is 9.50. The van der Waals surface area contributed by atoms with Gasteiger partial charge in [-0.1, -0.05) is 6.92 Å². The van der Waals surface area contributed by atoms with Crippen molar-refractivity contribution in [1.29, 1.82) is 0 Å². The molecule has 9 atom stereocenters. The van der Waals surface area contributed by atoms with Gasteiger partial charge in [-0.3, -0.25) is 0 Å². The summed E-state index contributed by atoms with van der Waals surface area (Å²) < 4.78 is 0. The minimum absolute atomic E-state index is 0.0616. The van der Waals surface area contributed by atoms with Crippen LogP contribution in [0.15, 0.2) is 0 Å². The SMILES string of the molecule is C[C@H](O)[C@]1(O)CC[C@H]2[C@@H]3CC[C@H]4C[C@@H](O)CC[C@@H]4[C@H]3CC[C@@]21C. The first kappa shape index (κ1) is 16.4. The van der Waals surface area contributed by atoms with E-state index in [2.05, 4.69) is 6.92 Å². The summed E-state index contributed by atoms with van der Waals surface area (Å²) in [4.78, 5) is 0. The van der Waals surface area contributed by atoms with E-state index in [-0.39, 0.29) is 11.5 Å². The van der Waals surface area contributed by atoms with E-state index in [0.717, 1.165) is 55.8 Å². The molecule has 0 bridgehead atoms. The van der Waals surface area contributed by atoms with Crippen molar-refractivity contribution in [2.45, 2.75) is 89.4 Å². The normalized spacial score (nSPS) is 57.3. The molecule has 3 N–H and O–H groups in total. The van der Waals surface area contributed by atoms with Gasteiger partial charge in [-0.2, -0.15) is 0 Å². The van der Waals surface area contributed by atoms with Crippen LogP contribution in [0.2, 0.25) is 0 Å². The van der Waals surface area contributed by atoms with Crippen LogP contribution in [-0.2, 0) is 0 Å². The standard InChI is InChI=1S/C20H34O3/c1-12(21)20(23)10-8-18-17-5-3-13-11-14(22)4-6-15(13)16(17)7-9-19(18,20)2/h12-18,21-23H,3-11H2,1-2H3/t12-,13-,14-,15-,16+,17+,18-,19-,20+/m0/s1. The summed E-state index contributed by atoms with van der Waals surface area (Å²) in [5.74, 6) is 3.66. The van der Waals surface area contributed by atoms with Crippen LogP contribution in [0.1, 0.15) is 71.6 Å². The van der Waals surface area contributed by atoms with Crippen LogP contribution in [0.25, 0.3) is 0 Å². The Kier molecular flexibility index (Phi) is 3.87. The van der Waals surface area contributed by atoms with E-state index in [1.54, 1.807) is 6.92 Å². The fourth-order valence-electron chi connectivity index (χ4n) is 7.57. The Morgan fingerprint density at radius 1 is 0.913 bits per heavy atom. The van der Waals surface area contributed by atoms with Gasteiger partial charge in [0, 0.05) is 5.41 Å². The third kappa shape index (κ3) is 2.19. The Bertz CT molecular complexity index is 464. The molecule has 4 aliphatic carbocycles. The molecule has 4 fully saturated rings. The number of hydrogen-bond donors (Lipinski definition) is 3. The summed E-state index contributed by atoms with van der Waals surface area (Å²) in [6.07, 6.45) is 9.19. The van der Waals surface area contributed by atoms with E-state index in [9.17, 15) is 15.3 Å². The van der Waals surface area contributed by atoms with Crippen molar-refractivity contribution >= 4 is 0 Å². The molecule has 0 heterocycles. The predicted molar refractivity (Wildman–Crippen MR) is 89.7 cm³/mol. The lowest BCUT2D eigenvalue weighted by molar-refractivity contribution is -0.174. The molecule has 23 heavy (non-hydrogen) atoms. The van der Waals surface area contributed by atoms with E-state index in [4.69, 9.17) is 0 Å². The summed E-state index contributed by atoms with van der Waals surface area (Å²) in [6, 6.07) is 0. The zero-order valence-electron chi connectivity index (χ0n) is 14.7. The average Bonchev–Trinajstić information content (AvgIpc) is 2.80. The predicted octanol–water partition coefficient (Wildman–Crippen LogP) is 3.11. The van der Waals surface area contributed by atoms with Gasteiger partial charge >= 0.3 is 0 Å². The number of hydrogen-bond acceptors (Lipinski definition) is 3. The Labute approximate surface area is 140 Å². The highest BCUT2D eigenvalue weighted by Crippen LogP contribution is 2.65. The van der Waals surface area contributed by atoms with Crippen LogP contribution in [0.5, 0.6) is 0 Å². The molecule has 4 saturated carbocycles. The molecule has 0 aromatic rings. The Balaban J connectivity index is 1.59. The third-order valence-corrected chi connectivity index (χ3v) is 8.83. The lowest BCUT2D eigenvalue weighted by atomic mass is 9.49. The maximum absolute atomic E-state index is 11.2. The highest BCUT2D eigenvalue weighted by molar-refractivity contribution is 5.13. The highest BCUT2D eigenvalue weighted by atomic mass is 16.3. The van der Waals surface area contributed by atoms with Crippen molar-refractivity contribution in [2.75, 3.05) is 0 Å². The lowest BCUT2D eigenvalue weighted by Gasteiger charge is -2.57. The molecule has 0 radical (unpaired) electrons. The van der Waals surface area contributed by atoms with Crippen LogP contribution in [-0.4, -0.2) is 33.1 Å². The second-order valence-corrected chi connectivity index (χ2v) is 9.50.